The van der Waals surface area contributed by atoms with E-state index in [9.17, 15) is 9.59 Å². The van der Waals surface area contributed by atoms with Gasteiger partial charge in [0.05, 0.1) is 5.92 Å². The third kappa shape index (κ3) is 3.73. The maximum Gasteiger partial charge on any atom is 0.231 e. The third-order valence-electron chi connectivity index (χ3n) is 5.00. The Morgan fingerprint density at radius 3 is 2.73 bits per heavy atom. The molecule has 2 aliphatic rings. The molecule has 0 bridgehead atoms. The highest BCUT2D eigenvalue weighted by Crippen LogP contribution is 2.38. The van der Waals surface area contributed by atoms with E-state index in [0.29, 0.717) is 29.2 Å². The molecule has 26 heavy (non-hydrogen) atoms. The average molecular weight is 391 g/mol. The molecule has 1 saturated heterocycles. The standard InChI is InChI=1S/C18H19ClN4O2S/c19-14-6-4-11(5-7-14)9-23-10-13(8-15(23)24)16(25)20-18-22-21-17(26-18)12-2-1-3-12/h4-7,12-13H,1-3,8-10H2,(H,20,22,25)/t13-/m1/s1. The van der Waals surface area contributed by atoms with Crippen LogP contribution in [0.25, 0.3) is 0 Å². The van der Waals surface area contributed by atoms with Crippen LogP contribution in [0.1, 0.15) is 42.2 Å². The molecular formula is C18H19ClN4O2S. The van der Waals surface area contributed by atoms with Crippen LogP contribution in [0.4, 0.5) is 5.13 Å². The van der Waals surface area contributed by atoms with Crippen LogP contribution in [0.5, 0.6) is 0 Å². The molecule has 1 N–H and O–H groups in total. The Morgan fingerprint density at radius 2 is 2.04 bits per heavy atom. The van der Waals surface area contributed by atoms with E-state index in [1.807, 2.05) is 12.1 Å². The van der Waals surface area contributed by atoms with Gasteiger partial charge in [0, 0.05) is 30.5 Å². The number of carbonyl (C=O) groups excluding carboxylic acids is 2. The fraction of sp³-hybridized carbons (Fsp3) is 0.444. The first-order chi connectivity index (χ1) is 12.6. The monoisotopic (exact) mass is 390 g/mol. The Balaban J connectivity index is 1.34. The Kier molecular flexibility index (Phi) is 4.91. The number of amides is 2. The van der Waals surface area contributed by atoms with Crippen molar-refractivity contribution in [3.63, 3.8) is 0 Å². The molecule has 2 amide bonds. The summed E-state index contributed by atoms with van der Waals surface area (Å²) in [4.78, 5) is 26.5. The summed E-state index contributed by atoms with van der Waals surface area (Å²) in [5.74, 6) is -0.0206. The Labute approximate surface area is 160 Å². The van der Waals surface area contributed by atoms with Crippen molar-refractivity contribution in [2.24, 2.45) is 5.92 Å². The molecule has 4 rings (SSSR count). The van der Waals surface area contributed by atoms with E-state index in [4.69, 9.17) is 11.6 Å². The number of hydrogen-bond donors (Lipinski definition) is 1. The second-order valence-electron chi connectivity index (χ2n) is 6.86. The smallest absolute Gasteiger partial charge is 0.231 e. The maximum absolute atomic E-state index is 12.5. The van der Waals surface area contributed by atoms with Crippen LogP contribution in [0.15, 0.2) is 24.3 Å². The van der Waals surface area contributed by atoms with Gasteiger partial charge in [0.25, 0.3) is 0 Å². The number of likely N-dealkylation sites (tertiary alicyclic amines) is 1. The number of nitrogens with zero attached hydrogens (tertiary/aromatic N) is 3. The first kappa shape index (κ1) is 17.4. The van der Waals surface area contributed by atoms with Crippen LogP contribution in [0, 0.1) is 5.92 Å². The molecule has 8 heteroatoms. The summed E-state index contributed by atoms with van der Waals surface area (Å²) >= 11 is 7.33. The second kappa shape index (κ2) is 7.32. The van der Waals surface area contributed by atoms with Gasteiger partial charge in [-0.1, -0.05) is 41.5 Å². The van der Waals surface area contributed by atoms with Gasteiger partial charge in [0.1, 0.15) is 5.01 Å². The lowest BCUT2D eigenvalue weighted by atomic mass is 9.86. The summed E-state index contributed by atoms with van der Waals surface area (Å²) in [5.41, 5.74) is 0.998. The van der Waals surface area contributed by atoms with Crippen LogP contribution in [0.2, 0.25) is 5.02 Å². The van der Waals surface area contributed by atoms with E-state index in [1.54, 1.807) is 17.0 Å². The van der Waals surface area contributed by atoms with E-state index in [-0.39, 0.29) is 24.2 Å². The molecule has 2 heterocycles. The molecule has 1 saturated carbocycles. The van der Waals surface area contributed by atoms with Crippen molar-refractivity contribution in [1.82, 2.24) is 15.1 Å². The molecule has 0 spiro atoms. The van der Waals surface area contributed by atoms with Gasteiger partial charge in [-0.25, -0.2) is 0 Å². The lowest BCUT2D eigenvalue weighted by Gasteiger charge is -2.21. The number of rotatable bonds is 5. The molecule has 0 unspecified atom stereocenters. The van der Waals surface area contributed by atoms with Gasteiger partial charge in [-0.15, -0.1) is 10.2 Å². The van der Waals surface area contributed by atoms with Crippen LogP contribution >= 0.6 is 22.9 Å². The van der Waals surface area contributed by atoms with Gasteiger partial charge in [-0.05, 0) is 30.5 Å². The molecule has 1 aliphatic carbocycles. The number of carbonyl (C=O) groups is 2. The molecule has 0 radical (unpaired) electrons. The van der Waals surface area contributed by atoms with Crippen molar-refractivity contribution in [3.8, 4) is 0 Å². The zero-order valence-corrected chi connectivity index (χ0v) is 15.7. The van der Waals surface area contributed by atoms with E-state index in [1.165, 1.54) is 17.8 Å². The number of nitrogens with one attached hydrogen (secondary N) is 1. The molecule has 1 aromatic heterocycles. The van der Waals surface area contributed by atoms with Crippen LogP contribution in [-0.4, -0.2) is 33.5 Å². The molecule has 1 atom stereocenters. The molecule has 6 nitrogen and oxygen atoms in total. The number of anilines is 1. The fourth-order valence-electron chi connectivity index (χ4n) is 3.22. The minimum atomic E-state index is -0.356. The summed E-state index contributed by atoms with van der Waals surface area (Å²) < 4.78 is 0. The molecule has 1 aliphatic heterocycles. The number of hydrogen-bond acceptors (Lipinski definition) is 5. The first-order valence-corrected chi connectivity index (χ1v) is 9.94. The SMILES string of the molecule is O=C(Nc1nnc(C2CCC2)s1)[C@@H]1CC(=O)N(Cc2ccc(Cl)cc2)C1. The van der Waals surface area contributed by atoms with Crippen LogP contribution in [0.3, 0.4) is 0 Å². The van der Waals surface area contributed by atoms with Gasteiger partial charge < -0.3 is 10.2 Å². The van der Waals surface area contributed by atoms with E-state index in [2.05, 4.69) is 15.5 Å². The van der Waals surface area contributed by atoms with Gasteiger partial charge in [-0.3, -0.25) is 9.59 Å². The molecule has 136 valence electrons. The molecule has 2 fully saturated rings. The van der Waals surface area contributed by atoms with E-state index in [0.717, 1.165) is 23.4 Å². The summed E-state index contributed by atoms with van der Waals surface area (Å²) in [7, 11) is 0. The predicted molar refractivity (Wildman–Crippen MR) is 100 cm³/mol. The van der Waals surface area contributed by atoms with Crippen LogP contribution < -0.4 is 5.32 Å². The van der Waals surface area contributed by atoms with Crippen molar-refractivity contribution < 1.29 is 9.59 Å². The molecule has 1 aromatic carbocycles. The van der Waals surface area contributed by atoms with Crippen molar-refractivity contribution in [1.29, 1.82) is 0 Å². The van der Waals surface area contributed by atoms with E-state index < -0.39 is 0 Å². The average Bonchev–Trinajstić information content (AvgIpc) is 3.15. The number of benzene rings is 1. The molecular weight excluding hydrogens is 372 g/mol. The van der Waals surface area contributed by atoms with Gasteiger partial charge in [0.15, 0.2) is 0 Å². The third-order valence-corrected chi connectivity index (χ3v) is 6.25. The van der Waals surface area contributed by atoms with Gasteiger partial charge in [0.2, 0.25) is 16.9 Å². The van der Waals surface area contributed by atoms with Crippen molar-refractivity contribution in [2.75, 3.05) is 11.9 Å². The van der Waals surface area contributed by atoms with E-state index >= 15 is 0 Å². The predicted octanol–water partition coefficient (Wildman–Crippen LogP) is 3.45. The molecule has 2 aromatic rings. The minimum Gasteiger partial charge on any atom is -0.338 e. The number of halogens is 1. The highest BCUT2D eigenvalue weighted by Gasteiger charge is 2.34. The maximum atomic E-state index is 12.5. The topological polar surface area (TPSA) is 75.2 Å². The normalized spacial score (nSPS) is 20.3. The second-order valence-corrected chi connectivity index (χ2v) is 8.31. The first-order valence-electron chi connectivity index (χ1n) is 8.75. The van der Waals surface area contributed by atoms with Crippen LogP contribution in [-0.2, 0) is 16.1 Å². The lowest BCUT2D eigenvalue weighted by molar-refractivity contribution is -0.128. The van der Waals surface area contributed by atoms with Crippen molar-refractivity contribution in [2.45, 2.75) is 38.1 Å². The highest BCUT2D eigenvalue weighted by molar-refractivity contribution is 7.15. The Hall–Kier alpha value is -1.99. The largest absolute Gasteiger partial charge is 0.338 e. The zero-order valence-electron chi connectivity index (χ0n) is 14.2. The number of aromatic nitrogens is 2. The summed E-state index contributed by atoms with van der Waals surface area (Å²) in [6.45, 7) is 0.909. The summed E-state index contributed by atoms with van der Waals surface area (Å²) in [6.07, 6.45) is 3.77. The van der Waals surface area contributed by atoms with Crippen molar-refractivity contribution in [3.05, 3.63) is 39.9 Å². The van der Waals surface area contributed by atoms with Gasteiger partial charge >= 0.3 is 0 Å². The van der Waals surface area contributed by atoms with Crippen molar-refractivity contribution >= 4 is 39.9 Å². The minimum absolute atomic E-state index is 0.00693. The summed E-state index contributed by atoms with van der Waals surface area (Å²) in [6, 6.07) is 7.39. The van der Waals surface area contributed by atoms with Gasteiger partial charge in [-0.2, -0.15) is 0 Å². The quantitative estimate of drug-likeness (QED) is 0.848. The zero-order chi connectivity index (χ0) is 18.1. The lowest BCUT2D eigenvalue weighted by Crippen LogP contribution is -2.28. The fourth-order valence-corrected chi connectivity index (χ4v) is 4.26. The Bertz CT molecular complexity index is 819. The summed E-state index contributed by atoms with van der Waals surface area (Å²) in [5, 5.41) is 13.3. The Morgan fingerprint density at radius 1 is 1.27 bits per heavy atom. The highest BCUT2D eigenvalue weighted by atomic mass is 35.5.